The molecule has 0 saturated carbocycles. The topological polar surface area (TPSA) is 65.6 Å². The van der Waals surface area contributed by atoms with Gasteiger partial charge in [0.15, 0.2) is 0 Å². The van der Waals surface area contributed by atoms with Crippen molar-refractivity contribution in [1.29, 1.82) is 0 Å². The van der Waals surface area contributed by atoms with E-state index in [-0.39, 0.29) is 16.9 Å². The summed E-state index contributed by atoms with van der Waals surface area (Å²) in [6.07, 6.45) is 1.37. The SMILES string of the molecule is Cn1nncc1[C@@](F)(c1ccc(Cl)cc1)c1ccc2c(n1)c(-c1cccc(Cl)c1)cc(=O)n2C. The zero-order valence-electron chi connectivity index (χ0n) is 18.2. The van der Waals surface area contributed by atoms with Gasteiger partial charge in [0.2, 0.25) is 5.67 Å². The first kappa shape index (κ1) is 22.3. The summed E-state index contributed by atoms with van der Waals surface area (Å²) in [5.74, 6) is 0. The van der Waals surface area contributed by atoms with E-state index in [0.717, 1.165) is 0 Å². The van der Waals surface area contributed by atoms with Gasteiger partial charge in [-0.05, 0) is 42.0 Å². The largest absolute Gasteiger partial charge is 0.310 e. The van der Waals surface area contributed by atoms with Gasteiger partial charge in [-0.15, -0.1) is 5.10 Å². The Labute approximate surface area is 204 Å². The van der Waals surface area contributed by atoms with Crippen LogP contribution in [0, 0.1) is 0 Å². The molecular weight excluding hydrogens is 476 g/mol. The molecule has 0 bridgehead atoms. The van der Waals surface area contributed by atoms with Crippen molar-refractivity contribution in [2.75, 3.05) is 0 Å². The highest BCUT2D eigenvalue weighted by Crippen LogP contribution is 2.41. The summed E-state index contributed by atoms with van der Waals surface area (Å²) >= 11 is 12.3. The molecule has 170 valence electrons. The van der Waals surface area contributed by atoms with Crippen molar-refractivity contribution in [3.05, 3.63) is 110 Å². The average Bonchev–Trinajstić information content (AvgIpc) is 3.27. The van der Waals surface area contributed by atoms with Gasteiger partial charge >= 0.3 is 0 Å². The van der Waals surface area contributed by atoms with E-state index in [1.54, 1.807) is 68.7 Å². The molecule has 0 fully saturated rings. The van der Waals surface area contributed by atoms with Crippen LogP contribution in [0.3, 0.4) is 0 Å². The number of nitrogens with zero attached hydrogens (tertiary/aromatic N) is 5. The fraction of sp³-hybridized carbons (Fsp3) is 0.120. The summed E-state index contributed by atoms with van der Waals surface area (Å²) in [7, 11) is 3.27. The van der Waals surface area contributed by atoms with Crippen LogP contribution in [0.15, 0.2) is 77.7 Å². The van der Waals surface area contributed by atoms with Crippen LogP contribution in [0.5, 0.6) is 0 Å². The van der Waals surface area contributed by atoms with E-state index in [2.05, 4.69) is 10.3 Å². The third-order valence-corrected chi connectivity index (χ3v) is 6.37. The van der Waals surface area contributed by atoms with Crippen LogP contribution in [-0.2, 0) is 19.8 Å². The minimum Gasteiger partial charge on any atom is -0.310 e. The number of aromatic nitrogens is 5. The van der Waals surface area contributed by atoms with Crippen LogP contribution < -0.4 is 5.56 Å². The Morgan fingerprint density at radius 3 is 2.38 bits per heavy atom. The Morgan fingerprint density at radius 1 is 0.941 bits per heavy atom. The Balaban J connectivity index is 1.84. The van der Waals surface area contributed by atoms with Crippen molar-refractivity contribution >= 4 is 34.2 Å². The Bertz CT molecular complexity index is 1600. The van der Waals surface area contributed by atoms with E-state index < -0.39 is 5.67 Å². The van der Waals surface area contributed by atoms with E-state index in [1.807, 2.05) is 6.07 Å². The van der Waals surface area contributed by atoms with Gasteiger partial charge in [-0.3, -0.25) is 4.79 Å². The van der Waals surface area contributed by atoms with Crippen molar-refractivity contribution in [2.45, 2.75) is 5.67 Å². The van der Waals surface area contributed by atoms with Crippen LogP contribution in [0.1, 0.15) is 17.0 Å². The van der Waals surface area contributed by atoms with Gasteiger partial charge in [0.05, 0.1) is 22.9 Å². The smallest absolute Gasteiger partial charge is 0.251 e. The van der Waals surface area contributed by atoms with Crippen LogP contribution in [0.4, 0.5) is 4.39 Å². The molecule has 2 aromatic carbocycles. The predicted molar refractivity (Wildman–Crippen MR) is 131 cm³/mol. The fourth-order valence-electron chi connectivity index (χ4n) is 4.10. The summed E-state index contributed by atoms with van der Waals surface area (Å²) in [5, 5.41) is 8.81. The number of halogens is 3. The second kappa shape index (κ2) is 8.34. The Morgan fingerprint density at radius 2 is 1.71 bits per heavy atom. The Hall–Kier alpha value is -3.55. The predicted octanol–water partition coefficient (Wildman–Crippen LogP) is 5.30. The number of fused-ring (bicyclic) bond motifs is 1. The molecule has 0 amide bonds. The summed E-state index contributed by atoms with van der Waals surface area (Å²) in [6, 6.07) is 18.3. The van der Waals surface area contributed by atoms with Gasteiger partial charge in [-0.2, -0.15) is 0 Å². The van der Waals surface area contributed by atoms with E-state index in [4.69, 9.17) is 28.2 Å². The van der Waals surface area contributed by atoms with Gasteiger partial charge < -0.3 is 4.57 Å². The van der Waals surface area contributed by atoms with Crippen LogP contribution in [0.25, 0.3) is 22.2 Å². The molecule has 5 aromatic rings. The number of rotatable bonds is 4. The summed E-state index contributed by atoms with van der Waals surface area (Å²) in [4.78, 5) is 17.4. The normalized spacial score (nSPS) is 13.2. The number of hydrogen-bond donors (Lipinski definition) is 0. The van der Waals surface area contributed by atoms with Gasteiger partial charge in [0.1, 0.15) is 5.69 Å². The van der Waals surface area contributed by atoms with E-state index in [9.17, 15) is 4.79 Å². The minimum absolute atomic E-state index is 0.120. The zero-order chi connectivity index (χ0) is 24.0. The Kier molecular flexibility index (Phi) is 5.46. The lowest BCUT2D eigenvalue weighted by Gasteiger charge is -2.26. The minimum atomic E-state index is -2.18. The van der Waals surface area contributed by atoms with Crippen molar-refractivity contribution in [3.63, 3.8) is 0 Å². The maximum Gasteiger partial charge on any atom is 0.251 e. The maximum absolute atomic E-state index is 17.2. The fourth-order valence-corrected chi connectivity index (χ4v) is 4.42. The lowest BCUT2D eigenvalue weighted by Crippen LogP contribution is -2.28. The summed E-state index contributed by atoms with van der Waals surface area (Å²) < 4.78 is 20.1. The number of hydrogen-bond acceptors (Lipinski definition) is 4. The number of benzene rings is 2. The standard InChI is InChI=1S/C25H18Cl2FN5O/c1-32-20-10-11-21(30-24(20)19(13-23(32)34)15-4-3-5-18(27)12-15)25(28,22-14-29-31-33(22)2)16-6-8-17(26)9-7-16/h3-14H,1-2H3/t25-/m1/s1. The van der Waals surface area contributed by atoms with Crippen LogP contribution in [0.2, 0.25) is 10.0 Å². The van der Waals surface area contributed by atoms with Crippen LogP contribution >= 0.6 is 23.2 Å². The number of aryl methyl sites for hydroxylation is 2. The molecule has 34 heavy (non-hydrogen) atoms. The molecule has 0 aliphatic rings. The second-order valence-corrected chi connectivity index (χ2v) is 8.81. The molecule has 0 radical (unpaired) electrons. The second-order valence-electron chi connectivity index (χ2n) is 7.94. The van der Waals surface area contributed by atoms with Crippen molar-refractivity contribution < 1.29 is 4.39 Å². The summed E-state index contributed by atoms with van der Waals surface area (Å²) in [5.41, 5.74) is 0.547. The first-order chi connectivity index (χ1) is 16.3. The average molecular weight is 494 g/mol. The van der Waals surface area contributed by atoms with Gasteiger partial charge in [0.25, 0.3) is 5.56 Å². The first-order valence-corrected chi connectivity index (χ1v) is 11.1. The van der Waals surface area contributed by atoms with Crippen molar-refractivity contribution in [1.82, 2.24) is 24.5 Å². The number of pyridine rings is 2. The summed E-state index contributed by atoms with van der Waals surface area (Å²) in [6.45, 7) is 0. The lowest BCUT2D eigenvalue weighted by atomic mass is 9.88. The van der Waals surface area contributed by atoms with E-state index in [1.165, 1.54) is 21.5 Å². The highest BCUT2D eigenvalue weighted by molar-refractivity contribution is 6.31. The van der Waals surface area contributed by atoms with Gasteiger partial charge in [-0.25, -0.2) is 14.1 Å². The lowest BCUT2D eigenvalue weighted by molar-refractivity contribution is 0.257. The van der Waals surface area contributed by atoms with Gasteiger partial charge in [0, 0.05) is 41.3 Å². The van der Waals surface area contributed by atoms with Crippen molar-refractivity contribution in [3.8, 4) is 11.1 Å². The highest BCUT2D eigenvalue weighted by Gasteiger charge is 2.41. The third-order valence-electron chi connectivity index (χ3n) is 5.89. The molecule has 3 aromatic heterocycles. The van der Waals surface area contributed by atoms with E-state index in [0.29, 0.717) is 37.8 Å². The zero-order valence-corrected chi connectivity index (χ0v) is 19.7. The molecule has 1 atom stereocenters. The maximum atomic E-state index is 17.2. The van der Waals surface area contributed by atoms with Crippen molar-refractivity contribution in [2.24, 2.45) is 14.1 Å². The molecule has 0 N–H and O–H groups in total. The quantitative estimate of drug-likeness (QED) is 0.340. The van der Waals surface area contributed by atoms with Crippen LogP contribution in [-0.4, -0.2) is 24.5 Å². The third kappa shape index (κ3) is 3.57. The number of alkyl halides is 1. The molecule has 0 unspecified atom stereocenters. The molecule has 9 heteroatoms. The monoisotopic (exact) mass is 493 g/mol. The molecule has 0 aliphatic carbocycles. The molecule has 3 heterocycles. The molecule has 0 spiro atoms. The molecule has 6 nitrogen and oxygen atoms in total. The van der Waals surface area contributed by atoms with E-state index >= 15 is 4.39 Å². The molecular formula is C25H18Cl2FN5O. The first-order valence-electron chi connectivity index (χ1n) is 10.4. The molecule has 5 rings (SSSR count). The molecule has 0 aliphatic heterocycles. The highest BCUT2D eigenvalue weighted by atomic mass is 35.5. The molecule has 0 saturated heterocycles. The van der Waals surface area contributed by atoms with Gasteiger partial charge in [-0.1, -0.05) is 52.7 Å².